The number of hydrogen-bond acceptors (Lipinski definition) is 6. The van der Waals surface area contributed by atoms with E-state index < -0.39 is 0 Å². The number of aromatic nitrogens is 2. The van der Waals surface area contributed by atoms with Crippen LogP contribution in [0.4, 0.5) is 5.82 Å². The van der Waals surface area contributed by atoms with Gasteiger partial charge in [-0.2, -0.15) is 0 Å². The fourth-order valence-corrected chi connectivity index (χ4v) is 3.06. The first-order valence-corrected chi connectivity index (χ1v) is 8.88. The molecule has 2 N–H and O–H groups in total. The number of hydrogen-bond donors (Lipinski definition) is 2. The number of rotatable bonds is 5. The highest BCUT2D eigenvalue weighted by molar-refractivity contribution is 5.84. The Morgan fingerprint density at radius 2 is 2.04 bits per heavy atom. The van der Waals surface area contributed by atoms with E-state index in [1.807, 2.05) is 17.0 Å². The quantitative estimate of drug-likeness (QED) is 0.766. The average Bonchev–Trinajstić information content (AvgIpc) is 2.73. The van der Waals surface area contributed by atoms with Gasteiger partial charge in [-0.25, -0.2) is 4.98 Å². The maximum Gasteiger partial charge on any atom is 0.243 e. The fourth-order valence-electron chi connectivity index (χ4n) is 3.06. The molecule has 2 heterocycles. The number of ether oxygens (including phenoxy) is 1. The smallest absolute Gasteiger partial charge is 0.243 e. The lowest BCUT2D eigenvalue weighted by Crippen LogP contribution is -2.49. The predicted molar refractivity (Wildman–Crippen MR) is 100.0 cm³/mol. The number of methoxy groups -OCH3 is 1. The van der Waals surface area contributed by atoms with Crippen molar-refractivity contribution in [2.75, 3.05) is 25.1 Å². The Hall–Kier alpha value is -3.16. The minimum atomic E-state index is -0.268. The maximum absolute atomic E-state index is 12.4. The molecule has 1 atom stereocenters. The summed E-state index contributed by atoms with van der Waals surface area (Å²) in [5, 5.41) is 0. The molecule has 8 heteroatoms. The molecule has 2 amide bonds. The molecule has 1 aromatic heterocycles. The summed E-state index contributed by atoms with van der Waals surface area (Å²) in [5.41, 5.74) is 5.88. The number of nitrogens with zero attached hydrogens (tertiary/aromatic N) is 3. The highest BCUT2D eigenvalue weighted by atomic mass is 16.5. The van der Waals surface area contributed by atoms with E-state index in [1.165, 1.54) is 0 Å². The van der Waals surface area contributed by atoms with Crippen LogP contribution in [0.25, 0.3) is 0 Å². The zero-order valence-corrected chi connectivity index (χ0v) is 15.2. The first kappa shape index (κ1) is 18.6. The highest BCUT2D eigenvalue weighted by Crippen LogP contribution is 2.20. The zero-order valence-electron chi connectivity index (χ0n) is 15.2. The third kappa shape index (κ3) is 5.16. The summed E-state index contributed by atoms with van der Waals surface area (Å²) in [5.74, 6) is 0.833. The summed E-state index contributed by atoms with van der Waals surface area (Å²) in [6.45, 7) is 1.39. The van der Waals surface area contributed by atoms with Gasteiger partial charge in [-0.1, -0.05) is 12.1 Å². The molecule has 1 saturated heterocycles. The third-order valence-corrected chi connectivity index (χ3v) is 4.51. The van der Waals surface area contributed by atoms with Crippen LogP contribution in [0.5, 0.6) is 5.75 Å². The third-order valence-electron chi connectivity index (χ3n) is 4.51. The molecule has 0 spiro atoms. The van der Waals surface area contributed by atoms with Crippen molar-refractivity contribution < 1.29 is 14.3 Å². The van der Waals surface area contributed by atoms with Crippen LogP contribution in [0.3, 0.4) is 0 Å². The number of nitrogens with one attached hydrogen (secondary N) is 2. The summed E-state index contributed by atoms with van der Waals surface area (Å²) >= 11 is 0. The van der Waals surface area contributed by atoms with Gasteiger partial charge in [0, 0.05) is 25.5 Å². The predicted octanol–water partition coefficient (Wildman–Crippen LogP) is 1.09. The van der Waals surface area contributed by atoms with Crippen molar-refractivity contribution in [3.63, 3.8) is 0 Å². The van der Waals surface area contributed by atoms with Gasteiger partial charge in [0.1, 0.15) is 11.6 Å². The summed E-state index contributed by atoms with van der Waals surface area (Å²) in [6.07, 6.45) is 6.79. The van der Waals surface area contributed by atoms with E-state index in [2.05, 4.69) is 20.8 Å². The molecule has 142 valence electrons. The minimum Gasteiger partial charge on any atom is -0.497 e. The van der Waals surface area contributed by atoms with Gasteiger partial charge in [0.25, 0.3) is 0 Å². The van der Waals surface area contributed by atoms with Gasteiger partial charge in [-0.3, -0.25) is 25.4 Å². The zero-order chi connectivity index (χ0) is 19.1. The first-order chi connectivity index (χ1) is 13.2. The lowest BCUT2D eigenvalue weighted by atomic mass is 9.97. The van der Waals surface area contributed by atoms with E-state index in [4.69, 9.17) is 4.74 Å². The van der Waals surface area contributed by atoms with Crippen LogP contribution in [-0.4, -0.2) is 42.0 Å². The number of anilines is 1. The summed E-state index contributed by atoms with van der Waals surface area (Å²) in [4.78, 5) is 34.9. The molecule has 1 aromatic carbocycles. The van der Waals surface area contributed by atoms with Gasteiger partial charge in [0.05, 0.1) is 25.6 Å². The summed E-state index contributed by atoms with van der Waals surface area (Å²) < 4.78 is 5.09. The molecule has 8 nitrogen and oxygen atoms in total. The van der Waals surface area contributed by atoms with Crippen molar-refractivity contribution in [1.82, 2.24) is 20.8 Å². The maximum atomic E-state index is 12.4. The molecule has 0 bridgehead atoms. The van der Waals surface area contributed by atoms with E-state index in [1.54, 1.807) is 37.8 Å². The fraction of sp³-hybridized carbons (Fsp3) is 0.368. The Kier molecular flexibility index (Phi) is 6.19. The SMILES string of the molecule is COc1ccc(CC(=O)NNC(=O)C2CCCN(c3cnccn3)C2)cc1. The number of carbonyl (C=O) groups is 2. The van der Waals surface area contributed by atoms with Crippen LogP contribution in [0.1, 0.15) is 18.4 Å². The molecule has 1 aliphatic rings. The molecule has 1 aliphatic heterocycles. The Bertz CT molecular complexity index is 767. The van der Waals surface area contributed by atoms with E-state index in [0.29, 0.717) is 6.54 Å². The normalized spacial score (nSPS) is 16.5. The average molecular weight is 369 g/mol. The number of hydrazine groups is 1. The van der Waals surface area contributed by atoms with E-state index in [9.17, 15) is 9.59 Å². The molecule has 3 rings (SSSR count). The summed E-state index contributed by atoms with van der Waals surface area (Å²) in [6, 6.07) is 7.23. The van der Waals surface area contributed by atoms with E-state index in [0.717, 1.165) is 36.5 Å². The second-order valence-electron chi connectivity index (χ2n) is 6.41. The van der Waals surface area contributed by atoms with E-state index in [-0.39, 0.29) is 24.2 Å². The van der Waals surface area contributed by atoms with Crippen molar-refractivity contribution in [2.45, 2.75) is 19.3 Å². The first-order valence-electron chi connectivity index (χ1n) is 8.88. The molecule has 1 unspecified atom stereocenters. The minimum absolute atomic E-state index is 0.181. The largest absolute Gasteiger partial charge is 0.497 e. The topological polar surface area (TPSA) is 96.5 Å². The Morgan fingerprint density at radius 3 is 2.74 bits per heavy atom. The van der Waals surface area contributed by atoms with Crippen LogP contribution in [0.2, 0.25) is 0 Å². The van der Waals surface area contributed by atoms with Gasteiger partial charge >= 0.3 is 0 Å². The number of amides is 2. The molecule has 0 saturated carbocycles. The molecular weight excluding hydrogens is 346 g/mol. The van der Waals surface area contributed by atoms with E-state index >= 15 is 0 Å². The highest BCUT2D eigenvalue weighted by Gasteiger charge is 2.26. The Labute approximate surface area is 157 Å². The second kappa shape index (κ2) is 8.98. The monoisotopic (exact) mass is 369 g/mol. The van der Waals surface area contributed by atoms with Crippen molar-refractivity contribution in [1.29, 1.82) is 0 Å². The number of benzene rings is 1. The molecule has 2 aromatic rings. The number of carbonyl (C=O) groups excluding carboxylic acids is 2. The Morgan fingerprint density at radius 1 is 1.22 bits per heavy atom. The Balaban J connectivity index is 1.47. The summed E-state index contributed by atoms with van der Waals surface area (Å²) in [7, 11) is 1.59. The van der Waals surface area contributed by atoms with Gasteiger partial charge in [0.15, 0.2) is 0 Å². The van der Waals surface area contributed by atoms with Gasteiger partial charge in [0.2, 0.25) is 11.8 Å². The van der Waals surface area contributed by atoms with Crippen LogP contribution >= 0.6 is 0 Å². The molecule has 27 heavy (non-hydrogen) atoms. The van der Waals surface area contributed by atoms with Gasteiger partial charge < -0.3 is 9.64 Å². The van der Waals surface area contributed by atoms with Crippen molar-refractivity contribution >= 4 is 17.6 Å². The molecule has 1 fully saturated rings. The van der Waals surface area contributed by atoms with Crippen LogP contribution in [0.15, 0.2) is 42.9 Å². The number of piperidine rings is 1. The van der Waals surface area contributed by atoms with Gasteiger partial charge in [-0.05, 0) is 30.5 Å². The second-order valence-corrected chi connectivity index (χ2v) is 6.41. The van der Waals surface area contributed by atoms with Crippen LogP contribution in [-0.2, 0) is 16.0 Å². The molecule has 0 aliphatic carbocycles. The van der Waals surface area contributed by atoms with Gasteiger partial charge in [-0.15, -0.1) is 0 Å². The standard InChI is InChI=1S/C19H23N5O3/c1-27-16-6-4-14(5-7-16)11-18(25)22-23-19(26)15-3-2-10-24(13-15)17-12-20-8-9-21-17/h4-9,12,15H,2-3,10-11,13H2,1H3,(H,22,25)(H,23,26). The van der Waals surface area contributed by atoms with Crippen LogP contribution in [0, 0.1) is 5.92 Å². The molecule has 0 radical (unpaired) electrons. The van der Waals surface area contributed by atoms with Crippen molar-refractivity contribution in [3.05, 3.63) is 48.4 Å². The lowest BCUT2D eigenvalue weighted by molar-refractivity contribution is -0.131. The van der Waals surface area contributed by atoms with Crippen LogP contribution < -0.4 is 20.5 Å². The van der Waals surface area contributed by atoms with Crippen molar-refractivity contribution in [3.8, 4) is 5.75 Å². The van der Waals surface area contributed by atoms with Crippen molar-refractivity contribution in [2.24, 2.45) is 5.92 Å². The molecular formula is C19H23N5O3. The lowest BCUT2D eigenvalue weighted by Gasteiger charge is -2.32.